The summed E-state index contributed by atoms with van der Waals surface area (Å²) >= 11 is 0. The first kappa shape index (κ1) is 24.6. The van der Waals surface area contributed by atoms with Gasteiger partial charge in [0.05, 0.1) is 17.6 Å². The number of ether oxygens (including phenoxy) is 1. The maximum atomic E-state index is 13.0. The van der Waals surface area contributed by atoms with Gasteiger partial charge in [-0.15, -0.1) is 0 Å². The lowest BCUT2D eigenvalue weighted by atomic mass is 10.0. The predicted molar refractivity (Wildman–Crippen MR) is 125 cm³/mol. The van der Waals surface area contributed by atoms with E-state index in [2.05, 4.69) is 10.6 Å². The van der Waals surface area contributed by atoms with Gasteiger partial charge < -0.3 is 19.8 Å². The fraction of sp³-hybridized carbons (Fsp3) is 0.333. The van der Waals surface area contributed by atoms with Gasteiger partial charge in [0.25, 0.3) is 17.4 Å². The van der Waals surface area contributed by atoms with E-state index in [0.717, 1.165) is 0 Å². The number of benzene rings is 1. The van der Waals surface area contributed by atoms with Crippen LogP contribution in [0.1, 0.15) is 37.0 Å². The highest BCUT2D eigenvalue weighted by atomic mass is 16.5. The molecule has 0 fully saturated rings. The van der Waals surface area contributed by atoms with Crippen molar-refractivity contribution in [3.63, 3.8) is 0 Å². The maximum Gasteiger partial charge on any atom is 0.329 e. The molecule has 34 heavy (non-hydrogen) atoms. The quantitative estimate of drug-likeness (QED) is 0.489. The summed E-state index contributed by atoms with van der Waals surface area (Å²) in [5, 5.41) is 5.14. The minimum absolute atomic E-state index is 0.0542. The molecule has 0 aliphatic rings. The molecule has 0 aliphatic heterocycles. The number of amides is 2. The van der Waals surface area contributed by atoms with Crippen molar-refractivity contribution in [3.8, 4) is 5.69 Å². The minimum Gasteiger partial charge on any atom is -0.459 e. The van der Waals surface area contributed by atoms with E-state index in [4.69, 9.17) is 9.15 Å². The summed E-state index contributed by atoms with van der Waals surface area (Å²) in [6.45, 7) is 6.57. The van der Waals surface area contributed by atoms with Crippen molar-refractivity contribution in [2.24, 2.45) is 13.0 Å². The molecule has 0 saturated heterocycles. The Morgan fingerprint density at radius 2 is 1.71 bits per heavy atom. The lowest BCUT2D eigenvalue weighted by Crippen LogP contribution is -2.47. The van der Waals surface area contributed by atoms with Gasteiger partial charge in [-0.25, -0.2) is 9.48 Å². The molecule has 2 N–H and O–H groups in total. The SMILES string of the molecule is Cc1c(NC(=O)[C@H](C)OC(=O)[C@H](NC(=O)c2ccco2)C(C)C)c(=O)n(-c2ccccc2)n1C. The molecule has 2 aromatic heterocycles. The molecular weight excluding hydrogens is 440 g/mol. The first-order valence-corrected chi connectivity index (χ1v) is 10.8. The van der Waals surface area contributed by atoms with Gasteiger partial charge in [-0.1, -0.05) is 32.0 Å². The van der Waals surface area contributed by atoms with E-state index < -0.39 is 35.5 Å². The molecule has 2 heterocycles. The Kier molecular flexibility index (Phi) is 7.40. The van der Waals surface area contributed by atoms with Gasteiger partial charge in [-0.05, 0) is 44.0 Å². The number of esters is 1. The van der Waals surface area contributed by atoms with E-state index in [1.165, 1.54) is 23.9 Å². The van der Waals surface area contributed by atoms with Crippen LogP contribution in [0, 0.1) is 12.8 Å². The molecule has 3 aromatic rings. The molecule has 2 atom stereocenters. The Bertz CT molecular complexity index is 1220. The standard InChI is InChI=1S/C24H28N4O6/c1-14(2)19(25-22(30)18-12-9-13-33-18)24(32)34-16(4)21(29)26-20-15(3)27(5)28(23(20)31)17-10-7-6-8-11-17/h6-14,16,19H,1-5H3,(H,25,30)(H,26,29)/t16-,19+/m0/s1. The first-order valence-electron chi connectivity index (χ1n) is 10.8. The van der Waals surface area contributed by atoms with Crippen LogP contribution in [-0.4, -0.2) is 39.3 Å². The number of nitrogens with zero attached hydrogens (tertiary/aromatic N) is 2. The lowest BCUT2D eigenvalue weighted by molar-refractivity contribution is -0.156. The van der Waals surface area contributed by atoms with Gasteiger partial charge in [0.1, 0.15) is 11.7 Å². The summed E-state index contributed by atoms with van der Waals surface area (Å²) in [6.07, 6.45) is 0.139. The van der Waals surface area contributed by atoms with Crippen LogP contribution >= 0.6 is 0 Å². The highest BCUT2D eigenvalue weighted by Gasteiger charge is 2.30. The van der Waals surface area contributed by atoms with E-state index in [9.17, 15) is 19.2 Å². The number of aromatic nitrogens is 2. The minimum atomic E-state index is -1.21. The molecule has 0 radical (unpaired) electrons. The summed E-state index contributed by atoms with van der Waals surface area (Å²) in [5.41, 5.74) is 0.853. The van der Waals surface area contributed by atoms with Gasteiger partial charge in [0.15, 0.2) is 11.9 Å². The highest BCUT2D eigenvalue weighted by molar-refractivity contribution is 5.97. The van der Waals surface area contributed by atoms with Gasteiger partial charge >= 0.3 is 5.97 Å². The molecule has 2 amide bonds. The van der Waals surface area contributed by atoms with Crippen molar-refractivity contribution in [3.05, 3.63) is 70.5 Å². The van der Waals surface area contributed by atoms with E-state index in [0.29, 0.717) is 11.4 Å². The number of carbonyl (C=O) groups is 3. The third-order valence-corrected chi connectivity index (χ3v) is 5.42. The normalized spacial score (nSPS) is 12.8. The number of anilines is 1. The topological polar surface area (TPSA) is 125 Å². The summed E-state index contributed by atoms with van der Waals surface area (Å²) < 4.78 is 13.4. The Morgan fingerprint density at radius 1 is 1.03 bits per heavy atom. The average Bonchev–Trinajstić information content (AvgIpc) is 3.41. The summed E-state index contributed by atoms with van der Waals surface area (Å²) in [6, 6.07) is 11.0. The first-order chi connectivity index (χ1) is 16.1. The number of nitrogens with one attached hydrogen (secondary N) is 2. The predicted octanol–water partition coefficient (Wildman–Crippen LogP) is 2.40. The second kappa shape index (κ2) is 10.2. The lowest BCUT2D eigenvalue weighted by Gasteiger charge is -2.22. The summed E-state index contributed by atoms with van der Waals surface area (Å²) in [7, 11) is 1.71. The molecule has 1 aromatic carbocycles. The molecule has 0 spiro atoms. The Balaban J connectivity index is 1.71. The van der Waals surface area contributed by atoms with Crippen molar-refractivity contribution in [2.75, 3.05) is 5.32 Å². The van der Waals surface area contributed by atoms with Gasteiger partial charge in [-0.3, -0.25) is 19.1 Å². The number of carbonyl (C=O) groups excluding carboxylic acids is 3. The van der Waals surface area contributed by atoms with Crippen LogP contribution in [0.5, 0.6) is 0 Å². The Hall–Kier alpha value is -4.08. The van der Waals surface area contributed by atoms with Crippen molar-refractivity contribution in [1.82, 2.24) is 14.7 Å². The molecular formula is C24H28N4O6. The second-order valence-corrected chi connectivity index (χ2v) is 8.18. The van der Waals surface area contributed by atoms with Crippen LogP contribution in [0.3, 0.4) is 0 Å². The van der Waals surface area contributed by atoms with Crippen molar-refractivity contribution in [1.29, 1.82) is 0 Å². The van der Waals surface area contributed by atoms with Gasteiger partial charge in [-0.2, -0.15) is 0 Å². The monoisotopic (exact) mass is 468 g/mol. The maximum absolute atomic E-state index is 13.0. The van der Waals surface area contributed by atoms with E-state index in [1.807, 2.05) is 6.07 Å². The molecule has 0 saturated carbocycles. The molecule has 3 rings (SSSR count). The van der Waals surface area contributed by atoms with Crippen LogP contribution in [0.2, 0.25) is 0 Å². The van der Waals surface area contributed by atoms with Crippen molar-refractivity contribution in [2.45, 2.75) is 39.8 Å². The fourth-order valence-electron chi connectivity index (χ4n) is 3.36. The van der Waals surface area contributed by atoms with Gasteiger partial charge in [0.2, 0.25) is 0 Å². The molecule has 0 bridgehead atoms. The van der Waals surface area contributed by atoms with Crippen LogP contribution in [-0.2, 0) is 21.4 Å². The van der Waals surface area contributed by atoms with Crippen LogP contribution < -0.4 is 16.2 Å². The zero-order valence-corrected chi connectivity index (χ0v) is 19.7. The summed E-state index contributed by atoms with van der Waals surface area (Å²) in [4.78, 5) is 50.7. The highest BCUT2D eigenvalue weighted by Crippen LogP contribution is 2.15. The van der Waals surface area contributed by atoms with E-state index in [-0.39, 0.29) is 17.4 Å². The zero-order valence-electron chi connectivity index (χ0n) is 19.7. The van der Waals surface area contributed by atoms with Crippen molar-refractivity contribution < 1.29 is 23.5 Å². The largest absolute Gasteiger partial charge is 0.459 e. The Morgan fingerprint density at radius 3 is 2.29 bits per heavy atom. The number of hydrogen-bond donors (Lipinski definition) is 2. The fourth-order valence-corrected chi connectivity index (χ4v) is 3.36. The molecule has 10 heteroatoms. The van der Waals surface area contributed by atoms with E-state index >= 15 is 0 Å². The second-order valence-electron chi connectivity index (χ2n) is 8.18. The molecule has 180 valence electrons. The van der Waals surface area contributed by atoms with E-state index in [1.54, 1.807) is 62.8 Å². The summed E-state index contributed by atoms with van der Waals surface area (Å²) in [5.74, 6) is -2.27. The number of furan rings is 1. The van der Waals surface area contributed by atoms with Crippen LogP contribution in [0.4, 0.5) is 5.69 Å². The zero-order chi connectivity index (χ0) is 25.0. The van der Waals surface area contributed by atoms with Crippen LogP contribution in [0.25, 0.3) is 5.69 Å². The number of para-hydroxylation sites is 1. The number of rotatable bonds is 8. The average molecular weight is 469 g/mol. The molecule has 0 unspecified atom stereocenters. The third kappa shape index (κ3) is 5.11. The molecule has 0 aliphatic carbocycles. The number of hydrogen-bond acceptors (Lipinski definition) is 6. The Labute approximate surface area is 196 Å². The third-order valence-electron chi connectivity index (χ3n) is 5.42. The van der Waals surface area contributed by atoms with Crippen LogP contribution in [0.15, 0.2) is 57.9 Å². The smallest absolute Gasteiger partial charge is 0.329 e. The molecule has 10 nitrogen and oxygen atoms in total. The van der Waals surface area contributed by atoms with Gasteiger partial charge in [0, 0.05) is 7.05 Å². The van der Waals surface area contributed by atoms with Crippen molar-refractivity contribution >= 4 is 23.5 Å².